The van der Waals surface area contributed by atoms with Crippen LogP contribution in [0.3, 0.4) is 0 Å². The summed E-state index contributed by atoms with van der Waals surface area (Å²) in [4.78, 5) is 31.9. The number of ether oxygens (including phenoxy) is 2. The molecule has 0 spiro atoms. The second-order valence-corrected chi connectivity index (χ2v) is 10.2. The van der Waals surface area contributed by atoms with E-state index in [0.717, 1.165) is 24.4 Å². The Bertz CT molecular complexity index is 1310. The second kappa shape index (κ2) is 14.7. The fraction of sp³-hybridized carbons (Fsp3) is 0.290. The number of carbonyl (C=O) groups excluding carboxylic acids is 2. The monoisotopic (exact) mass is 581 g/mol. The van der Waals surface area contributed by atoms with Gasteiger partial charge in [-0.3, -0.25) is 14.5 Å². The lowest BCUT2D eigenvalue weighted by atomic mass is 10.1. The molecule has 7 nitrogen and oxygen atoms in total. The predicted octanol–water partition coefficient (Wildman–Crippen LogP) is 5.38. The van der Waals surface area contributed by atoms with Gasteiger partial charge < -0.3 is 19.3 Å². The Morgan fingerprint density at radius 2 is 1.68 bits per heavy atom. The van der Waals surface area contributed by atoms with Crippen LogP contribution < -0.4 is 9.47 Å². The summed E-state index contributed by atoms with van der Waals surface area (Å²) in [5.74, 6) is 1.26. The van der Waals surface area contributed by atoms with Crippen LogP contribution in [-0.2, 0) is 4.79 Å². The van der Waals surface area contributed by atoms with E-state index >= 15 is 0 Å². The van der Waals surface area contributed by atoms with Crippen LogP contribution in [0.1, 0.15) is 15.9 Å². The van der Waals surface area contributed by atoms with Gasteiger partial charge in [0.15, 0.2) is 6.61 Å². The van der Waals surface area contributed by atoms with Gasteiger partial charge in [-0.2, -0.15) is 0 Å². The Morgan fingerprint density at radius 3 is 2.40 bits per heavy atom. The van der Waals surface area contributed by atoms with Gasteiger partial charge in [-0.25, -0.2) is 0 Å². The molecule has 0 radical (unpaired) electrons. The highest BCUT2D eigenvalue weighted by atomic mass is 35.5. The average molecular weight is 583 g/mol. The zero-order valence-electron chi connectivity index (χ0n) is 22.5. The molecule has 1 saturated heterocycles. The third kappa shape index (κ3) is 8.49. The van der Waals surface area contributed by atoms with Crippen molar-refractivity contribution in [2.75, 3.05) is 59.5 Å². The first-order valence-corrected chi connectivity index (χ1v) is 13.9. The SMILES string of the molecule is COc1ccccc1/C=C/CN(CCN1CCN(C(=O)COc2ccc(Cl)cc2)CC1)C(=O)c1cccc(Cl)c1. The molecule has 3 aromatic carbocycles. The highest BCUT2D eigenvalue weighted by Gasteiger charge is 2.23. The van der Waals surface area contributed by atoms with Crippen molar-refractivity contribution in [3.05, 3.63) is 100 Å². The Labute approximate surface area is 245 Å². The third-order valence-electron chi connectivity index (χ3n) is 6.71. The molecule has 1 heterocycles. The Kier molecular flexibility index (Phi) is 10.9. The summed E-state index contributed by atoms with van der Waals surface area (Å²) in [6, 6.07) is 21.7. The van der Waals surface area contributed by atoms with Gasteiger partial charge in [0.2, 0.25) is 0 Å². The van der Waals surface area contributed by atoms with Crippen molar-refractivity contribution in [3.63, 3.8) is 0 Å². The van der Waals surface area contributed by atoms with Gasteiger partial charge in [0.05, 0.1) is 7.11 Å². The van der Waals surface area contributed by atoms with Crippen LogP contribution in [0, 0.1) is 0 Å². The Morgan fingerprint density at radius 1 is 0.925 bits per heavy atom. The summed E-state index contributed by atoms with van der Waals surface area (Å²) in [5.41, 5.74) is 1.50. The fourth-order valence-electron chi connectivity index (χ4n) is 4.44. The van der Waals surface area contributed by atoms with Gasteiger partial charge in [-0.1, -0.05) is 59.6 Å². The lowest BCUT2D eigenvalue weighted by Gasteiger charge is -2.35. The lowest BCUT2D eigenvalue weighted by Crippen LogP contribution is -2.51. The van der Waals surface area contributed by atoms with E-state index in [1.54, 1.807) is 55.6 Å². The molecule has 1 fully saturated rings. The second-order valence-electron chi connectivity index (χ2n) is 9.37. The maximum absolute atomic E-state index is 13.4. The van der Waals surface area contributed by atoms with Crippen LogP contribution in [0.15, 0.2) is 78.9 Å². The van der Waals surface area contributed by atoms with Crippen molar-refractivity contribution in [3.8, 4) is 11.5 Å². The molecule has 0 unspecified atom stereocenters. The van der Waals surface area contributed by atoms with Crippen LogP contribution in [0.25, 0.3) is 6.08 Å². The van der Waals surface area contributed by atoms with E-state index < -0.39 is 0 Å². The quantitative estimate of drug-likeness (QED) is 0.304. The topological polar surface area (TPSA) is 62.3 Å². The van der Waals surface area contributed by atoms with Crippen LogP contribution in [0.4, 0.5) is 0 Å². The van der Waals surface area contributed by atoms with E-state index in [2.05, 4.69) is 4.90 Å². The van der Waals surface area contributed by atoms with E-state index in [0.29, 0.717) is 54.1 Å². The van der Waals surface area contributed by atoms with Crippen molar-refractivity contribution in [2.45, 2.75) is 0 Å². The first kappa shape index (κ1) is 29.5. The van der Waals surface area contributed by atoms with E-state index in [1.165, 1.54) is 0 Å². The minimum Gasteiger partial charge on any atom is -0.496 e. The lowest BCUT2D eigenvalue weighted by molar-refractivity contribution is -0.135. The molecule has 40 heavy (non-hydrogen) atoms. The standard InChI is InChI=1S/C31H33Cl2N3O4/c1-39-29-10-3-2-6-24(29)8-5-15-36(31(38)25-7-4-9-27(33)22-25)21-18-34-16-19-35(20-17-34)30(37)23-40-28-13-11-26(32)12-14-28/h2-14,22H,15-21,23H2,1H3/b8-5+. The molecule has 0 saturated carbocycles. The molecule has 9 heteroatoms. The summed E-state index contributed by atoms with van der Waals surface area (Å²) < 4.78 is 11.0. The molecule has 0 aliphatic carbocycles. The first-order valence-electron chi connectivity index (χ1n) is 13.2. The molecular formula is C31H33Cl2N3O4. The summed E-state index contributed by atoms with van der Waals surface area (Å²) in [6.45, 7) is 4.32. The van der Waals surface area contributed by atoms with E-state index in [1.807, 2.05) is 46.2 Å². The molecule has 1 aliphatic heterocycles. The number of benzene rings is 3. The van der Waals surface area contributed by atoms with Crippen molar-refractivity contribution >= 4 is 41.1 Å². The summed E-state index contributed by atoms with van der Waals surface area (Å²) in [6.07, 6.45) is 3.94. The van der Waals surface area contributed by atoms with Crippen LogP contribution >= 0.6 is 23.2 Å². The minimum absolute atomic E-state index is 0.0118. The van der Waals surface area contributed by atoms with Crippen molar-refractivity contribution < 1.29 is 19.1 Å². The zero-order chi connectivity index (χ0) is 28.3. The van der Waals surface area contributed by atoms with Gasteiger partial charge in [-0.15, -0.1) is 0 Å². The van der Waals surface area contributed by atoms with Crippen LogP contribution in [-0.4, -0.2) is 86.0 Å². The number of rotatable bonds is 11. The average Bonchev–Trinajstić information content (AvgIpc) is 2.98. The molecule has 0 N–H and O–H groups in total. The van der Waals surface area contributed by atoms with Crippen LogP contribution in [0.5, 0.6) is 11.5 Å². The first-order chi connectivity index (χ1) is 19.4. The van der Waals surface area contributed by atoms with Crippen LogP contribution in [0.2, 0.25) is 10.0 Å². The highest BCUT2D eigenvalue weighted by molar-refractivity contribution is 6.31. The normalized spacial score (nSPS) is 13.8. The summed E-state index contributed by atoms with van der Waals surface area (Å²) in [7, 11) is 1.64. The number of hydrogen-bond donors (Lipinski definition) is 0. The largest absolute Gasteiger partial charge is 0.496 e. The molecule has 0 aromatic heterocycles. The van der Waals surface area contributed by atoms with E-state index in [9.17, 15) is 9.59 Å². The molecule has 1 aliphatic rings. The number of para-hydroxylation sites is 1. The molecule has 3 aromatic rings. The van der Waals surface area contributed by atoms with Gasteiger partial charge in [-0.05, 0) is 48.5 Å². The molecule has 0 atom stereocenters. The van der Waals surface area contributed by atoms with Crippen molar-refractivity contribution in [1.82, 2.24) is 14.7 Å². The third-order valence-corrected chi connectivity index (χ3v) is 7.20. The molecule has 4 rings (SSSR count). The van der Waals surface area contributed by atoms with Gasteiger partial charge >= 0.3 is 0 Å². The van der Waals surface area contributed by atoms with E-state index in [4.69, 9.17) is 32.7 Å². The molecule has 210 valence electrons. The zero-order valence-corrected chi connectivity index (χ0v) is 24.0. The van der Waals surface area contributed by atoms with Gasteiger partial charge in [0, 0.05) is 67.0 Å². The number of piperazine rings is 1. The molecule has 2 amide bonds. The molecule has 0 bridgehead atoms. The number of nitrogens with zero attached hydrogens (tertiary/aromatic N) is 3. The Hall–Kier alpha value is -3.52. The van der Waals surface area contributed by atoms with Gasteiger partial charge in [0.25, 0.3) is 11.8 Å². The number of halogens is 2. The van der Waals surface area contributed by atoms with Crippen molar-refractivity contribution in [1.29, 1.82) is 0 Å². The van der Waals surface area contributed by atoms with Crippen molar-refractivity contribution in [2.24, 2.45) is 0 Å². The number of carbonyl (C=O) groups is 2. The highest BCUT2D eigenvalue weighted by Crippen LogP contribution is 2.19. The predicted molar refractivity (Wildman–Crippen MR) is 159 cm³/mol. The maximum Gasteiger partial charge on any atom is 0.260 e. The number of methoxy groups -OCH3 is 1. The summed E-state index contributed by atoms with van der Waals surface area (Å²) >= 11 is 12.1. The van der Waals surface area contributed by atoms with E-state index in [-0.39, 0.29) is 18.4 Å². The molecular weight excluding hydrogens is 549 g/mol. The number of amides is 2. The minimum atomic E-state index is -0.0830. The maximum atomic E-state index is 13.4. The smallest absolute Gasteiger partial charge is 0.260 e. The van der Waals surface area contributed by atoms with Gasteiger partial charge in [0.1, 0.15) is 11.5 Å². The Balaban J connectivity index is 1.31. The fourth-order valence-corrected chi connectivity index (χ4v) is 4.76. The summed E-state index contributed by atoms with van der Waals surface area (Å²) in [5, 5.41) is 1.14. The number of hydrogen-bond acceptors (Lipinski definition) is 5.